The topological polar surface area (TPSA) is 56.2 Å². The zero-order valence-electron chi connectivity index (χ0n) is 13.7. The second kappa shape index (κ2) is 7.06. The summed E-state index contributed by atoms with van der Waals surface area (Å²) < 4.78 is 7.49. The van der Waals surface area contributed by atoms with Crippen LogP contribution in [0.15, 0.2) is 57.4 Å². The number of hydrogen-bond donors (Lipinski definition) is 0. The monoisotopic (exact) mass is 372 g/mol. The normalized spacial score (nSPS) is 19.6. The van der Waals surface area contributed by atoms with Crippen LogP contribution in [-0.2, 0) is 5.75 Å². The lowest BCUT2D eigenvalue weighted by molar-refractivity contribution is 0.499. The molecule has 1 aliphatic carbocycles. The SMILES string of the molecule is C[C@@H]1C[C@H]1c1ccc(/C=N\n2cnnc2SCc2ccc(Cl)cc2)o1. The van der Waals surface area contributed by atoms with Gasteiger partial charge in [0, 0.05) is 16.7 Å². The Labute approximate surface area is 155 Å². The third kappa shape index (κ3) is 3.96. The Morgan fingerprint density at radius 2 is 2.12 bits per heavy atom. The van der Waals surface area contributed by atoms with Gasteiger partial charge in [-0.05, 0) is 42.2 Å². The standard InChI is InChI=1S/C18H17ClN4OS/c1-12-8-16(12)17-7-6-15(24-17)9-21-23-11-20-22-18(23)25-10-13-2-4-14(19)5-3-13/h2-7,9,11-12,16H,8,10H2,1H3/b21-9-/t12-,16-/m1/s1. The molecule has 2 aromatic heterocycles. The van der Waals surface area contributed by atoms with Crippen LogP contribution in [0.4, 0.5) is 0 Å². The number of hydrogen-bond acceptors (Lipinski definition) is 5. The quantitative estimate of drug-likeness (QED) is 0.459. The lowest BCUT2D eigenvalue weighted by atomic mass is 10.2. The van der Waals surface area contributed by atoms with Crippen molar-refractivity contribution in [1.82, 2.24) is 14.9 Å². The van der Waals surface area contributed by atoms with E-state index in [-0.39, 0.29) is 0 Å². The molecule has 1 aliphatic rings. The van der Waals surface area contributed by atoms with Crippen molar-refractivity contribution in [1.29, 1.82) is 0 Å². The van der Waals surface area contributed by atoms with Crippen molar-refractivity contribution in [2.45, 2.75) is 30.2 Å². The van der Waals surface area contributed by atoms with Gasteiger partial charge in [0.05, 0.1) is 6.21 Å². The van der Waals surface area contributed by atoms with Gasteiger partial charge in [-0.3, -0.25) is 0 Å². The molecule has 0 amide bonds. The number of nitrogens with zero attached hydrogens (tertiary/aromatic N) is 4. The molecule has 3 aromatic rings. The van der Waals surface area contributed by atoms with Crippen LogP contribution in [0.1, 0.15) is 36.3 Å². The lowest BCUT2D eigenvalue weighted by Crippen LogP contribution is -1.92. The van der Waals surface area contributed by atoms with Gasteiger partial charge in [0.25, 0.3) is 0 Å². The van der Waals surface area contributed by atoms with Crippen LogP contribution >= 0.6 is 23.4 Å². The van der Waals surface area contributed by atoms with Gasteiger partial charge in [0.1, 0.15) is 17.8 Å². The summed E-state index contributed by atoms with van der Waals surface area (Å²) in [5.41, 5.74) is 1.17. The van der Waals surface area contributed by atoms with E-state index in [1.165, 1.54) is 12.0 Å². The molecule has 1 aromatic carbocycles. The first kappa shape index (κ1) is 16.4. The van der Waals surface area contributed by atoms with Crippen LogP contribution in [-0.4, -0.2) is 21.1 Å². The fourth-order valence-corrected chi connectivity index (χ4v) is 3.54. The molecule has 128 valence electrons. The maximum absolute atomic E-state index is 5.91. The van der Waals surface area contributed by atoms with E-state index in [1.807, 2.05) is 36.4 Å². The van der Waals surface area contributed by atoms with E-state index in [9.17, 15) is 0 Å². The van der Waals surface area contributed by atoms with E-state index in [2.05, 4.69) is 22.2 Å². The highest BCUT2D eigenvalue weighted by atomic mass is 35.5. The first-order valence-corrected chi connectivity index (χ1v) is 9.47. The predicted octanol–water partition coefficient (Wildman–Crippen LogP) is 4.82. The molecule has 0 unspecified atom stereocenters. The number of rotatable bonds is 6. The molecule has 25 heavy (non-hydrogen) atoms. The number of furan rings is 1. The Hall–Kier alpha value is -2.05. The summed E-state index contributed by atoms with van der Waals surface area (Å²) in [6, 6.07) is 11.8. The third-order valence-electron chi connectivity index (χ3n) is 4.21. The summed E-state index contributed by atoms with van der Waals surface area (Å²) in [5, 5.41) is 13.9. The van der Waals surface area contributed by atoms with Crippen LogP contribution in [0.25, 0.3) is 0 Å². The summed E-state index contributed by atoms with van der Waals surface area (Å²) in [5.74, 6) is 3.87. The van der Waals surface area contributed by atoms with Crippen LogP contribution in [0.2, 0.25) is 5.02 Å². The average Bonchev–Trinajstić information content (AvgIpc) is 3.03. The van der Waals surface area contributed by atoms with E-state index in [4.69, 9.17) is 16.0 Å². The van der Waals surface area contributed by atoms with E-state index in [0.29, 0.717) is 5.92 Å². The average molecular weight is 373 g/mol. The molecule has 0 aliphatic heterocycles. The van der Waals surface area contributed by atoms with Crippen LogP contribution in [0.3, 0.4) is 0 Å². The van der Waals surface area contributed by atoms with Gasteiger partial charge >= 0.3 is 0 Å². The number of benzene rings is 1. The first-order chi connectivity index (χ1) is 12.2. The minimum atomic E-state index is 0.572. The molecule has 0 saturated heterocycles. The highest BCUT2D eigenvalue weighted by Gasteiger charge is 2.36. The molecule has 2 heterocycles. The molecule has 4 rings (SSSR count). The minimum Gasteiger partial charge on any atom is -0.460 e. The Morgan fingerprint density at radius 3 is 2.88 bits per heavy atom. The van der Waals surface area contributed by atoms with E-state index < -0.39 is 0 Å². The van der Waals surface area contributed by atoms with Crippen molar-refractivity contribution in [3.63, 3.8) is 0 Å². The Bertz CT molecular complexity index is 887. The maximum Gasteiger partial charge on any atom is 0.212 e. The van der Waals surface area contributed by atoms with Gasteiger partial charge < -0.3 is 4.42 Å². The van der Waals surface area contributed by atoms with Gasteiger partial charge in [-0.2, -0.15) is 9.78 Å². The molecule has 0 radical (unpaired) electrons. The van der Waals surface area contributed by atoms with Crippen molar-refractivity contribution < 1.29 is 4.42 Å². The van der Waals surface area contributed by atoms with E-state index in [1.54, 1.807) is 29.0 Å². The molecule has 0 N–H and O–H groups in total. The fraction of sp³-hybridized carbons (Fsp3) is 0.278. The van der Waals surface area contributed by atoms with E-state index in [0.717, 1.165) is 33.4 Å². The maximum atomic E-state index is 5.91. The van der Waals surface area contributed by atoms with Crippen molar-refractivity contribution in [2.75, 3.05) is 0 Å². The second-order valence-electron chi connectivity index (χ2n) is 6.18. The van der Waals surface area contributed by atoms with Crippen molar-refractivity contribution in [3.05, 3.63) is 64.8 Å². The largest absolute Gasteiger partial charge is 0.460 e. The van der Waals surface area contributed by atoms with Gasteiger partial charge in [-0.15, -0.1) is 10.2 Å². The highest BCUT2D eigenvalue weighted by molar-refractivity contribution is 7.98. The van der Waals surface area contributed by atoms with Crippen molar-refractivity contribution in [2.24, 2.45) is 11.0 Å². The van der Waals surface area contributed by atoms with Crippen molar-refractivity contribution >= 4 is 29.6 Å². The number of aromatic nitrogens is 3. The molecule has 0 bridgehead atoms. The summed E-state index contributed by atoms with van der Waals surface area (Å²) in [7, 11) is 0. The Morgan fingerprint density at radius 1 is 1.32 bits per heavy atom. The zero-order valence-corrected chi connectivity index (χ0v) is 15.2. The zero-order chi connectivity index (χ0) is 17.2. The fourth-order valence-electron chi connectivity index (χ4n) is 2.60. The molecule has 0 spiro atoms. The number of thioether (sulfide) groups is 1. The predicted molar refractivity (Wildman–Crippen MR) is 99.3 cm³/mol. The Balaban J connectivity index is 1.40. The summed E-state index contributed by atoms with van der Waals surface area (Å²) in [6.45, 7) is 2.24. The molecule has 7 heteroatoms. The van der Waals surface area contributed by atoms with Gasteiger partial charge in [0.2, 0.25) is 5.16 Å². The summed E-state index contributed by atoms with van der Waals surface area (Å²) in [4.78, 5) is 0. The minimum absolute atomic E-state index is 0.572. The molecule has 5 nitrogen and oxygen atoms in total. The van der Waals surface area contributed by atoms with Crippen LogP contribution in [0.5, 0.6) is 0 Å². The molecular weight excluding hydrogens is 356 g/mol. The van der Waals surface area contributed by atoms with E-state index >= 15 is 0 Å². The summed E-state index contributed by atoms with van der Waals surface area (Å²) in [6.07, 6.45) is 4.50. The molecular formula is C18H17ClN4OS. The van der Waals surface area contributed by atoms with Crippen LogP contribution < -0.4 is 0 Å². The summed E-state index contributed by atoms with van der Waals surface area (Å²) >= 11 is 7.48. The van der Waals surface area contributed by atoms with Gasteiger partial charge in [0.15, 0.2) is 0 Å². The molecule has 1 saturated carbocycles. The highest BCUT2D eigenvalue weighted by Crippen LogP contribution is 2.47. The van der Waals surface area contributed by atoms with Gasteiger partial charge in [-0.25, -0.2) is 0 Å². The molecule has 2 atom stereocenters. The third-order valence-corrected chi connectivity index (χ3v) is 5.47. The smallest absolute Gasteiger partial charge is 0.212 e. The second-order valence-corrected chi connectivity index (χ2v) is 7.56. The Kier molecular flexibility index (Phi) is 4.63. The molecule has 1 fully saturated rings. The van der Waals surface area contributed by atoms with Crippen LogP contribution in [0, 0.1) is 5.92 Å². The number of halogens is 1. The lowest BCUT2D eigenvalue weighted by Gasteiger charge is -2.01. The van der Waals surface area contributed by atoms with Crippen molar-refractivity contribution in [3.8, 4) is 0 Å². The first-order valence-electron chi connectivity index (χ1n) is 8.10. The van der Waals surface area contributed by atoms with Gasteiger partial charge in [-0.1, -0.05) is 42.4 Å².